The molecule has 1 aromatic carbocycles. The first-order chi connectivity index (χ1) is 7.86. The van der Waals surface area contributed by atoms with Crippen LogP contribution in [0, 0.1) is 5.21 Å². The highest BCUT2D eigenvalue weighted by atomic mass is 32.1. The fourth-order valence-corrected chi connectivity index (χ4v) is 3.08. The summed E-state index contributed by atoms with van der Waals surface area (Å²) in [5.74, 6) is 0. The molecule has 0 saturated heterocycles. The van der Waals surface area contributed by atoms with Crippen molar-refractivity contribution in [1.82, 2.24) is 0 Å². The Morgan fingerprint density at radius 2 is 1.94 bits per heavy atom. The lowest BCUT2D eigenvalue weighted by Crippen LogP contribution is -2.25. The van der Waals surface area contributed by atoms with E-state index in [1.54, 1.807) is 11.3 Å². The fourth-order valence-electron chi connectivity index (χ4n) is 2.06. The molecule has 0 spiro atoms. The van der Waals surface area contributed by atoms with E-state index in [0.717, 1.165) is 27.3 Å². The number of rotatable bonds is 1. The number of benzene rings is 1. The topological polar surface area (TPSA) is 26.1 Å². The van der Waals surface area contributed by atoms with E-state index in [0.29, 0.717) is 6.54 Å². The van der Waals surface area contributed by atoms with Crippen LogP contribution < -0.4 is 0 Å². The minimum Gasteiger partial charge on any atom is -0.623 e. The molecule has 0 amide bonds. The van der Waals surface area contributed by atoms with Gasteiger partial charge in [0.25, 0.3) is 0 Å². The van der Waals surface area contributed by atoms with Crippen molar-refractivity contribution in [3.63, 3.8) is 0 Å². The molecule has 2 heterocycles. The summed E-state index contributed by atoms with van der Waals surface area (Å²) >= 11 is 1.65. The average Bonchev–Trinajstić information content (AvgIpc) is 2.78. The molecule has 0 radical (unpaired) electrons. The molecule has 0 unspecified atom stereocenters. The van der Waals surface area contributed by atoms with E-state index < -0.39 is 0 Å². The summed E-state index contributed by atoms with van der Waals surface area (Å²) < 4.78 is 1.12. The Morgan fingerprint density at radius 3 is 2.75 bits per heavy atom. The van der Waals surface area contributed by atoms with E-state index in [1.807, 2.05) is 30.3 Å². The van der Waals surface area contributed by atoms with Crippen molar-refractivity contribution in [2.24, 2.45) is 0 Å². The molecule has 0 atom stereocenters. The van der Waals surface area contributed by atoms with Crippen molar-refractivity contribution < 1.29 is 4.74 Å². The molecular formula is C13H11NOS. The average molecular weight is 229 g/mol. The predicted molar refractivity (Wildman–Crippen MR) is 66.2 cm³/mol. The van der Waals surface area contributed by atoms with Gasteiger partial charge in [0.05, 0.1) is 0 Å². The summed E-state index contributed by atoms with van der Waals surface area (Å²) in [6.45, 7) is 0.563. The number of hydroxylamine groups is 1. The van der Waals surface area contributed by atoms with Crippen LogP contribution in [-0.4, -0.2) is 17.0 Å². The van der Waals surface area contributed by atoms with E-state index in [9.17, 15) is 5.21 Å². The summed E-state index contributed by atoms with van der Waals surface area (Å²) in [4.78, 5) is 1.13. The Kier molecular flexibility index (Phi) is 2.26. The molecule has 0 N–H and O–H groups in total. The lowest BCUT2D eigenvalue weighted by molar-refractivity contribution is -0.457. The molecule has 1 aliphatic heterocycles. The van der Waals surface area contributed by atoms with E-state index in [4.69, 9.17) is 0 Å². The van der Waals surface area contributed by atoms with Gasteiger partial charge in [-0.2, -0.15) is 0 Å². The Morgan fingerprint density at radius 1 is 1.12 bits per heavy atom. The van der Waals surface area contributed by atoms with Gasteiger partial charge in [0.15, 0.2) is 6.54 Å². The smallest absolute Gasteiger partial charge is 0.235 e. The maximum atomic E-state index is 11.9. The highest BCUT2D eigenvalue weighted by molar-refractivity contribution is 7.12. The molecule has 0 aliphatic carbocycles. The number of hydrogen-bond donors (Lipinski definition) is 0. The minimum atomic E-state index is 0.563. The molecule has 3 heteroatoms. The molecule has 0 fully saturated rings. The minimum absolute atomic E-state index is 0.563. The van der Waals surface area contributed by atoms with Gasteiger partial charge in [0.1, 0.15) is 4.88 Å². The second kappa shape index (κ2) is 3.76. The summed E-state index contributed by atoms with van der Waals surface area (Å²) in [5.41, 5.74) is 3.15. The third kappa shape index (κ3) is 1.44. The summed E-state index contributed by atoms with van der Waals surface area (Å²) in [7, 11) is 0. The van der Waals surface area contributed by atoms with Crippen LogP contribution in [0.5, 0.6) is 0 Å². The van der Waals surface area contributed by atoms with Crippen molar-refractivity contribution >= 4 is 17.0 Å². The van der Waals surface area contributed by atoms with Crippen LogP contribution >= 0.6 is 11.3 Å². The van der Waals surface area contributed by atoms with E-state index in [-0.39, 0.29) is 0 Å². The number of thiophene rings is 1. The molecule has 1 aromatic heterocycles. The summed E-state index contributed by atoms with van der Waals surface area (Å²) in [5, 5.41) is 14.0. The largest absolute Gasteiger partial charge is 0.623 e. The Hall–Kier alpha value is -1.61. The lowest BCUT2D eigenvalue weighted by Gasteiger charge is -2.16. The van der Waals surface area contributed by atoms with Crippen molar-refractivity contribution in [3.8, 4) is 0 Å². The van der Waals surface area contributed by atoms with Gasteiger partial charge < -0.3 is 5.21 Å². The van der Waals surface area contributed by atoms with Crippen molar-refractivity contribution in [3.05, 3.63) is 63.0 Å². The molecule has 16 heavy (non-hydrogen) atoms. The van der Waals surface area contributed by atoms with Gasteiger partial charge in [-0.1, -0.05) is 18.2 Å². The van der Waals surface area contributed by atoms with Crippen LogP contribution in [0.25, 0.3) is 0 Å². The van der Waals surface area contributed by atoms with Gasteiger partial charge >= 0.3 is 0 Å². The molecule has 2 nitrogen and oxygen atoms in total. The maximum absolute atomic E-state index is 11.9. The van der Waals surface area contributed by atoms with Crippen LogP contribution in [0.4, 0.5) is 0 Å². The fraction of sp³-hybridized carbons (Fsp3) is 0.154. The molecule has 0 bridgehead atoms. The zero-order valence-electron chi connectivity index (χ0n) is 8.72. The number of nitrogens with zero attached hydrogens (tertiary/aromatic N) is 1. The third-order valence-corrected chi connectivity index (χ3v) is 3.81. The Labute approximate surface area is 98.1 Å². The number of fused-ring (bicyclic) bond motifs is 1. The van der Waals surface area contributed by atoms with Crippen LogP contribution in [0.1, 0.15) is 16.0 Å². The summed E-state index contributed by atoms with van der Waals surface area (Å²) in [6.07, 6.45) is 0.860. The Bertz CT molecular complexity index is 542. The van der Waals surface area contributed by atoms with Gasteiger partial charge in [-0.25, -0.2) is 4.74 Å². The van der Waals surface area contributed by atoms with E-state index >= 15 is 0 Å². The molecule has 80 valence electrons. The lowest BCUT2D eigenvalue weighted by atomic mass is 10.0. The first kappa shape index (κ1) is 9.60. The SMILES string of the molecule is [O-][N+]1=C(c2ccccc2)c2sccc2CC1. The van der Waals surface area contributed by atoms with Crippen LogP contribution in [0.15, 0.2) is 41.8 Å². The van der Waals surface area contributed by atoms with Gasteiger partial charge in [0.2, 0.25) is 5.71 Å². The quantitative estimate of drug-likeness (QED) is 0.545. The zero-order valence-corrected chi connectivity index (χ0v) is 9.54. The summed E-state index contributed by atoms with van der Waals surface area (Å²) in [6, 6.07) is 12.0. The third-order valence-electron chi connectivity index (χ3n) is 2.84. The van der Waals surface area contributed by atoms with Gasteiger partial charge in [-0.05, 0) is 29.1 Å². The first-order valence-corrected chi connectivity index (χ1v) is 6.18. The maximum Gasteiger partial charge on any atom is 0.235 e. The first-order valence-electron chi connectivity index (χ1n) is 5.30. The molecule has 1 aliphatic rings. The van der Waals surface area contributed by atoms with Crippen LogP contribution in [0.2, 0.25) is 0 Å². The van der Waals surface area contributed by atoms with Crippen LogP contribution in [-0.2, 0) is 6.42 Å². The normalized spacial score (nSPS) is 15.0. The van der Waals surface area contributed by atoms with Crippen molar-refractivity contribution in [2.75, 3.05) is 6.54 Å². The van der Waals surface area contributed by atoms with Crippen molar-refractivity contribution in [2.45, 2.75) is 6.42 Å². The second-order valence-electron chi connectivity index (χ2n) is 3.84. The molecular weight excluding hydrogens is 218 g/mol. The van der Waals surface area contributed by atoms with Crippen molar-refractivity contribution in [1.29, 1.82) is 0 Å². The van der Waals surface area contributed by atoms with E-state index in [1.165, 1.54) is 5.56 Å². The molecule has 3 rings (SSSR count). The zero-order chi connectivity index (χ0) is 11.0. The predicted octanol–water partition coefficient (Wildman–Crippen LogP) is 2.65. The molecule has 0 saturated carbocycles. The Balaban J connectivity index is 2.19. The monoisotopic (exact) mass is 229 g/mol. The molecule has 2 aromatic rings. The standard InChI is InChI=1S/C13H11NOS/c15-14-8-6-11-7-9-16-13(11)12(14)10-4-2-1-3-5-10/h1-5,7,9H,6,8H2. The van der Waals surface area contributed by atoms with Gasteiger partial charge in [0, 0.05) is 12.0 Å². The van der Waals surface area contributed by atoms with Gasteiger partial charge in [-0.15, -0.1) is 11.3 Å². The number of hydrogen-bond acceptors (Lipinski definition) is 2. The van der Waals surface area contributed by atoms with Crippen LogP contribution in [0.3, 0.4) is 0 Å². The second-order valence-corrected chi connectivity index (χ2v) is 4.76. The highest BCUT2D eigenvalue weighted by Gasteiger charge is 2.25. The van der Waals surface area contributed by atoms with E-state index in [2.05, 4.69) is 11.4 Å². The highest BCUT2D eigenvalue weighted by Crippen LogP contribution is 2.24. The van der Waals surface area contributed by atoms with Gasteiger partial charge in [-0.3, -0.25) is 0 Å².